The zero-order chi connectivity index (χ0) is 34.0. The second-order valence-corrected chi connectivity index (χ2v) is 11.5. The number of nitrogens with zero attached hydrogens (tertiary/aromatic N) is 4. The number of aromatic nitrogens is 4. The molecule has 47 heavy (non-hydrogen) atoms. The maximum Gasteiger partial charge on any atom is 0.234 e. The number of anilines is 3. The van der Waals surface area contributed by atoms with Gasteiger partial charge in [0, 0.05) is 54.4 Å². The first-order chi connectivity index (χ1) is 22.6. The van der Waals surface area contributed by atoms with Crippen molar-refractivity contribution >= 4 is 51.3 Å². The van der Waals surface area contributed by atoms with Crippen LogP contribution < -0.4 is 20.1 Å². The molecule has 12 heteroatoms. The Morgan fingerprint density at radius 3 is 2.43 bits per heavy atom. The molecule has 0 atom stereocenters. The van der Waals surface area contributed by atoms with Crippen molar-refractivity contribution in [3.8, 4) is 22.9 Å². The van der Waals surface area contributed by atoms with Crippen molar-refractivity contribution in [1.29, 1.82) is 0 Å². The summed E-state index contributed by atoms with van der Waals surface area (Å²) in [5, 5.41) is 11.9. The van der Waals surface area contributed by atoms with Gasteiger partial charge in [0.1, 0.15) is 12.4 Å². The normalized spacial score (nSPS) is 11.1. The Morgan fingerprint density at radius 1 is 0.957 bits per heavy atom. The number of nitrogens with one attached hydrogen (secondary N) is 2. The molecule has 2 aromatic heterocycles. The number of ether oxygens (including phenoxy) is 4. The van der Waals surface area contributed by atoms with Gasteiger partial charge in [-0.25, -0.2) is 14.6 Å². The SMILES string of the molecule is CCCC(=O)Nc1cccc(-c2nc(Nc3ccc4c(cnn4C=O)c3)c3cc(OCCOC)c(OC)cc3n2)c1.COC(C)(C)C. The molecule has 0 aliphatic carbocycles. The highest BCUT2D eigenvalue weighted by Crippen LogP contribution is 2.37. The van der Waals surface area contributed by atoms with Gasteiger partial charge in [-0.1, -0.05) is 19.1 Å². The van der Waals surface area contributed by atoms with Gasteiger partial charge in [0.25, 0.3) is 0 Å². The molecule has 5 rings (SSSR count). The molecule has 0 aliphatic rings. The predicted molar refractivity (Wildman–Crippen MR) is 184 cm³/mol. The van der Waals surface area contributed by atoms with Gasteiger partial charge in [-0.15, -0.1) is 0 Å². The summed E-state index contributed by atoms with van der Waals surface area (Å²) in [4.78, 5) is 33.2. The summed E-state index contributed by atoms with van der Waals surface area (Å²) in [6.45, 7) is 8.78. The summed E-state index contributed by atoms with van der Waals surface area (Å²) in [6.07, 6.45) is 3.49. The average Bonchev–Trinajstić information content (AvgIpc) is 3.47. The number of carbonyl (C=O) groups is 2. The van der Waals surface area contributed by atoms with E-state index in [1.807, 2.05) is 76.2 Å². The smallest absolute Gasteiger partial charge is 0.234 e. The fourth-order valence-corrected chi connectivity index (χ4v) is 4.41. The van der Waals surface area contributed by atoms with Crippen molar-refractivity contribution in [3.63, 3.8) is 0 Å². The molecule has 2 heterocycles. The van der Waals surface area contributed by atoms with E-state index >= 15 is 0 Å². The molecular weight excluding hydrogens is 600 g/mol. The molecule has 2 N–H and O–H groups in total. The molecule has 5 aromatic rings. The highest BCUT2D eigenvalue weighted by atomic mass is 16.5. The minimum atomic E-state index is -0.0505. The van der Waals surface area contributed by atoms with E-state index in [0.717, 1.165) is 23.1 Å². The summed E-state index contributed by atoms with van der Waals surface area (Å²) < 4.78 is 22.9. The van der Waals surface area contributed by atoms with Crippen molar-refractivity contribution < 1.29 is 28.5 Å². The van der Waals surface area contributed by atoms with Crippen LogP contribution in [0.3, 0.4) is 0 Å². The van der Waals surface area contributed by atoms with Gasteiger partial charge in [-0.05, 0) is 63.6 Å². The minimum Gasteiger partial charge on any atom is -0.493 e. The van der Waals surface area contributed by atoms with E-state index in [-0.39, 0.29) is 11.5 Å². The summed E-state index contributed by atoms with van der Waals surface area (Å²) in [5.41, 5.74) is 3.50. The largest absolute Gasteiger partial charge is 0.493 e. The van der Waals surface area contributed by atoms with Crippen molar-refractivity contribution in [1.82, 2.24) is 19.7 Å². The van der Waals surface area contributed by atoms with Gasteiger partial charge in [0.2, 0.25) is 12.3 Å². The van der Waals surface area contributed by atoms with Crippen LogP contribution in [0.25, 0.3) is 33.2 Å². The van der Waals surface area contributed by atoms with Crippen LogP contribution in [0.15, 0.2) is 60.8 Å². The third-order valence-electron chi connectivity index (χ3n) is 6.98. The quantitative estimate of drug-likeness (QED) is 0.113. The predicted octanol–water partition coefficient (Wildman–Crippen LogP) is 6.63. The highest BCUT2D eigenvalue weighted by Gasteiger charge is 2.16. The van der Waals surface area contributed by atoms with Crippen LogP contribution in [0.2, 0.25) is 0 Å². The third kappa shape index (κ3) is 9.24. The molecular formula is C35H42N6O6. The Kier molecular flexibility index (Phi) is 11.8. The fraction of sp³-hybridized carbons (Fsp3) is 0.343. The Morgan fingerprint density at radius 2 is 1.74 bits per heavy atom. The van der Waals surface area contributed by atoms with Crippen LogP contribution in [0.1, 0.15) is 40.5 Å². The van der Waals surface area contributed by atoms with Gasteiger partial charge >= 0.3 is 0 Å². The number of rotatable bonds is 12. The van der Waals surface area contributed by atoms with Crippen LogP contribution in [-0.4, -0.2) is 72.2 Å². The summed E-state index contributed by atoms with van der Waals surface area (Å²) in [7, 11) is 4.89. The standard InChI is InChI=1S/C30H30N6O5.C5H12O/c1-4-6-28(38)32-21-8-5-7-19(13-21)29-34-24-16-26(40-3)27(41-12-11-39-2)15-23(24)30(35-29)33-22-9-10-25-20(14-22)17-31-36(25)18-37;1-5(2,3)6-4/h5,7-10,13-18H,4,6,11-12H2,1-3H3,(H,32,38)(H,33,34,35);1-4H3. The maximum atomic E-state index is 12.2. The number of fused-ring (bicyclic) bond motifs is 2. The Bertz CT molecular complexity index is 1830. The zero-order valence-corrected chi connectivity index (χ0v) is 27.9. The molecule has 0 radical (unpaired) electrons. The first-order valence-corrected chi connectivity index (χ1v) is 15.3. The second kappa shape index (κ2) is 16.0. The van der Waals surface area contributed by atoms with Crippen LogP contribution in [0.4, 0.5) is 17.2 Å². The third-order valence-corrected chi connectivity index (χ3v) is 6.98. The van der Waals surface area contributed by atoms with Crippen LogP contribution >= 0.6 is 0 Å². The van der Waals surface area contributed by atoms with E-state index in [2.05, 4.69) is 15.7 Å². The lowest BCUT2D eigenvalue weighted by Gasteiger charge is -2.15. The van der Waals surface area contributed by atoms with Crippen molar-refractivity contribution in [2.24, 2.45) is 0 Å². The molecule has 1 amide bonds. The number of hydrogen-bond acceptors (Lipinski definition) is 10. The maximum absolute atomic E-state index is 12.2. The van der Waals surface area contributed by atoms with Crippen molar-refractivity contribution in [2.45, 2.75) is 46.1 Å². The van der Waals surface area contributed by atoms with Gasteiger partial charge in [0.05, 0.1) is 36.5 Å². The molecule has 12 nitrogen and oxygen atoms in total. The second-order valence-electron chi connectivity index (χ2n) is 11.5. The van der Waals surface area contributed by atoms with E-state index in [9.17, 15) is 9.59 Å². The van der Waals surface area contributed by atoms with Crippen LogP contribution in [-0.2, 0) is 19.1 Å². The molecule has 0 fully saturated rings. The van der Waals surface area contributed by atoms with Crippen molar-refractivity contribution in [2.75, 3.05) is 45.2 Å². The topological polar surface area (TPSA) is 139 Å². The Hall–Kier alpha value is -5.07. The number of carbonyl (C=O) groups excluding carboxylic acids is 2. The van der Waals surface area contributed by atoms with Gasteiger partial charge in [-0.3, -0.25) is 9.59 Å². The summed E-state index contributed by atoms with van der Waals surface area (Å²) in [6, 6.07) is 16.6. The van der Waals surface area contributed by atoms with E-state index in [1.165, 1.54) is 4.68 Å². The fourth-order valence-electron chi connectivity index (χ4n) is 4.41. The molecule has 0 saturated carbocycles. The lowest BCUT2D eigenvalue weighted by Crippen LogP contribution is -2.15. The molecule has 3 aromatic carbocycles. The van der Waals surface area contributed by atoms with E-state index in [1.54, 1.807) is 33.6 Å². The first kappa shape index (κ1) is 34.8. The Balaban J connectivity index is 0.000000762. The molecule has 0 aliphatic heterocycles. The summed E-state index contributed by atoms with van der Waals surface area (Å²) in [5.74, 6) is 1.99. The van der Waals surface area contributed by atoms with Crippen molar-refractivity contribution in [3.05, 3.63) is 60.8 Å². The summed E-state index contributed by atoms with van der Waals surface area (Å²) >= 11 is 0. The Labute approximate surface area is 274 Å². The van der Waals surface area contributed by atoms with Gasteiger partial charge < -0.3 is 29.6 Å². The highest BCUT2D eigenvalue weighted by molar-refractivity contribution is 5.96. The van der Waals surface area contributed by atoms with Crippen LogP contribution in [0, 0.1) is 0 Å². The van der Waals surface area contributed by atoms with E-state index in [4.69, 9.17) is 28.9 Å². The van der Waals surface area contributed by atoms with Gasteiger partial charge in [-0.2, -0.15) is 5.10 Å². The van der Waals surface area contributed by atoms with E-state index < -0.39 is 0 Å². The number of amides is 1. The average molecular weight is 643 g/mol. The minimum absolute atomic E-state index is 0.0417. The first-order valence-electron chi connectivity index (χ1n) is 15.3. The molecule has 248 valence electrons. The van der Waals surface area contributed by atoms with Crippen LogP contribution in [0.5, 0.6) is 11.5 Å². The monoisotopic (exact) mass is 642 g/mol. The molecule has 0 bridgehead atoms. The molecule has 0 unspecified atom stereocenters. The lowest BCUT2D eigenvalue weighted by atomic mass is 10.1. The molecule has 0 spiro atoms. The van der Waals surface area contributed by atoms with E-state index in [0.29, 0.717) is 71.3 Å². The molecule has 0 saturated heterocycles. The number of methoxy groups -OCH3 is 3. The number of hydrogen-bond donors (Lipinski definition) is 2. The zero-order valence-electron chi connectivity index (χ0n) is 27.9. The van der Waals surface area contributed by atoms with Gasteiger partial charge in [0.15, 0.2) is 17.3 Å². The number of benzene rings is 3. The lowest BCUT2D eigenvalue weighted by molar-refractivity contribution is -0.116.